The monoisotopic (exact) mass is 327 g/mol. The Morgan fingerprint density at radius 2 is 1.91 bits per heavy atom. The van der Waals surface area contributed by atoms with Crippen LogP contribution in [0.3, 0.4) is 0 Å². The van der Waals surface area contributed by atoms with Gasteiger partial charge >= 0.3 is 10.2 Å². The van der Waals surface area contributed by atoms with E-state index < -0.39 is 15.5 Å². The van der Waals surface area contributed by atoms with Crippen molar-refractivity contribution in [2.75, 3.05) is 6.54 Å². The van der Waals surface area contributed by atoms with E-state index in [-0.39, 0.29) is 30.3 Å². The van der Waals surface area contributed by atoms with Crippen molar-refractivity contribution in [3.05, 3.63) is 35.9 Å². The van der Waals surface area contributed by atoms with Gasteiger partial charge in [-0.25, -0.2) is 0 Å². The maximum Gasteiger partial charge on any atom is 0.307 e. The molecule has 0 aliphatic carbocycles. The molecule has 0 saturated carbocycles. The fraction of sp³-hybridized carbons (Fsp3) is 0.562. The maximum atomic E-state index is 13.1. The third-order valence-corrected chi connectivity index (χ3v) is 5.53. The van der Waals surface area contributed by atoms with Crippen molar-refractivity contribution in [3.8, 4) is 0 Å². The van der Waals surface area contributed by atoms with Crippen LogP contribution in [0.4, 0.5) is 3.89 Å². The van der Waals surface area contributed by atoms with E-state index in [1.54, 1.807) is 0 Å². The van der Waals surface area contributed by atoms with Crippen molar-refractivity contribution in [1.29, 1.82) is 0 Å². The predicted molar refractivity (Wildman–Crippen MR) is 83.7 cm³/mol. The lowest BCUT2D eigenvalue weighted by Crippen LogP contribution is -2.39. The summed E-state index contributed by atoms with van der Waals surface area (Å²) in [5, 5.41) is -1.22. The Kier molecular flexibility index (Phi) is 4.61. The molecule has 1 heterocycles. The van der Waals surface area contributed by atoms with Crippen LogP contribution in [0.15, 0.2) is 30.3 Å². The molecule has 2 atom stereocenters. The molecule has 2 unspecified atom stereocenters. The molecule has 1 saturated heterocycles. The van der Waals surface area contributed by atoms with Crippen LogP contribution in [-0.4, -0.2) is 37.1 Å². The SMILES string of the molecule is CC(CC(C)(C)c1ccccc1)N1CC(S(=O)(=O)F)CC1=O. The van der Waals surface area contributed by atoms with Crippen molar-refractivity contribution in [3.63, 3.8) is 0 Å². The Balaban J connectivity index is 2.09. The molecule has 1 aliphatic heterocycles. The maximum absolute atomic E-state index is 13.1. The van der Waals surface area contributed by atoms with Gasteiger partial charge in [0, 0.05) is 19.0 Å². The molecule has 4 nitrogen and oxygen atoms in total. The van der Waals surface area contributed by atoms with Crippen molar-refractivity contribution in [2.24, 2.45) is 0 Å². The third kappa shape index (κ3) is 3.66. The summed E-state index contributed by atoms with van der Waals surface area (Å²) in [5.41, 5.74) is 0.997. The number of nitrogens with zero attached hydrogens (tertiary/aromatic N) is 1. The summed E-state index contributed by atoms with van der Waals surface area (Å²) in [6.45, 7) is 6.01. The Labute approximate surface area is 131 Å². The lowest BCUT2D eigenvalue weighted by atomic mass is 9.79. The minimum Gasteiger partial charge on any atom is -0.339 e. The molecule has 22 heavy (non-hydrogen) atoms. The van der Waals surface area contributed by atoms with Crippen LogP contribution in [0.1, 0.15) is 39.2 Å². The number of likely N-dealkylation sites (tertiary alicyclic amines) is 1. The van der Waals surface area contributed by atoms with Crippen molar-refractivity contribution in [2.45, 2.75) is 50.3 Å². The fourth-order valence-corrected chi connectivity index (χ4v) is 3.85. The molecule has 0 spiro atoms. The van der Waals surface area contributed by atoms with Gasteiger partial charge < -0.3 is 4.90 Å². The summed E-state index contributed by atoms with van der Waals surface area (Å²) >= 11 is 0. The average molecular weight is 327 g/mol. The van der Waals surface area contributed by atoms with Crippen molar-refractivity contribution in [1.82, 2.24) is 4.90 Å². The van der Waals surface area contributed by atoms with Crippen LogP contribution in [0.2, 0.25) is 0 Å². The second-order valence-electron chi connectivity index (χ2n) is 6.65. The largest absolute Gasteiger partial charge is 0.339 e. The highest BCUT2D eigenvalue weighted by molar-refractivity contribution is 7.87. The second-order valence-corrected chi connectivity index (χ2v) is 8.27. The molecule has 1 aromatic carbocycles. The number of carbonyl (C=O) groups is 1. The standard InChI is InChI=1S/C16H22FNO3S/c1-12(10-16(2,3)13-7-5-4-6-8-13)18-11-14(9-15(18)19)22(17,20)21/h4-8,12,14H,9-11H2,1-3H3. The highest BCUT2D eigenvalue weighted by Crippen LogP contribution is 2.32. The molecule has 1 amide bonds. The molecule has 122 valence electrons. The first-order valence-corrected chi connectivity index (χ1v) is 8.84. The van der Waals surface area contributed by atoms with E-state index in [0.29, 0.717) is 6.42 Å². The lowest BCUT2D eigenvalue weighted by Gasteiger charge is -2.33. The highest BCUT2D eigenvalue weighted by Gasteiger charge is 2.41. The number of carbonyl (C=O) groups excluding carboxylic acids is 1. The number of halogens is 1. The normalized spacial score (nSPS) is 21.2. The van der Waals surface area contributed by atoms with E-state index in [2.05, 4.69) is 13.8 Å². The minimum atomic E-state index is -4.66. The van der Waals surface area contributed by atoms with Gasteiger partial charge in [-0.2, -0.15) is 8.42 Å². The Morgan fingerprint density at radius 1 is 1.32 bits per heavy atom. The van der Waals surface area contributed by atoms with E-state index in [9.17, 15) is 17.1 Å². The van der Waals surface area contributed by atoms with Crippen LogP contribution in [0, 0.1) is 0 Å². The quantitative estimate of drug-likeness (QED) is 0.781. The van der Waals surface area contributed by atoms with Gasteiger partial charge in [-0.05, 0) is 24.3 Å². The molecule has 0 radical (unpaired) electrons. The summed E-state index contributed by atoms with van der Waals surface area (Å²) in [5.74, 6) is -0.289. The van der Waals surface area contributed by atoms with Crippen LogP contribution >= 0.6 is 0 Å². The zero-order valence-corrected chi connectivity index (χ0v) is 13.9. The first-order valence-electron chi connectivity index (χ1n) is 7.40. The molecule has 1 aliphatic rings. The predicted octanol–water partition coefficient (Wildman–Crippen LogP) is 2.64. The molecule has 0 aromatic heterocycles. The zero-order valence-electron chi connectivity index (χ0n) is 13.1. The topological polar surface area (TPSA) is 54.5 Å². The summed E-state index contributed by atoms with van der Waals surface area (Å²) < 4.78 is 35.1. The molecule has 2 rings (SSSR count). The average Bonchev–Trinajstić information content (AvgIpc) is 2.81. The van der Waals surface area contributed by atoms with Gasteiger partial charge in [0.25, 0.3) is 0 Å². The molecule has 6 heteroatoms. The Hall–Kier alpha value is -1.43. The van der Waals surface area contributed by atoms with Crippen LogP contribution < -0.4 is 0 Å². The first kappa shape index (κ1) is 16.9. The summed E-state index contributed by atoms with van der Waals surface area (Å²) in [6.07, 6.45) is 0.427. The number of hydrogen-bond donors (Lipinski definition) is 0. The zero-order chi connectivity index (χ0) is 16.5. The van der Waals surface area contributed by atoms with Gasteiger partial charge in [0.2, 0.25) is 5.91 Å². The smallest absolute Gasteiger partial charge is 0.307 e. The second kappa shape index (κ2) is 5.99. The van der Waals surface area contributed by atoms with E-state index in [0.717, 1.165) is 5.56 Å². The Bertz CT molecular complexity index is 643. The molecule has 1 fully saturated rings. The number of hydrogen-bond acceptors (Lipinski definition) is 3. The van der Waals surface area contributed by atoms with Gasteiger partial charge in [0.1, 0.15) is 5.25 Å². The van der Waals surface area contributed by atoms with E-state index in [1.807, 2.05) is 37.3 Å². The minimum absolute atomic E-state index is 0.0519. The fourth-order valence-electron chi connectivity index (χ4n) is 3.17. The number of benzene rings is 1. The lowest BCUT2D eigenvalue weighted by molar-refractivity contribution is -0.129. The number of amides is 1. The Morgan fingerprint density at radius 3 is 2.41 bits per heavy atom. The van der Waals surface area contributed by atoms with Gasteiger partial charge in [0.05, 0.1) is 0 Å². The van der Waals surface area contributed by atoms with Gasteiger partial charge in [-0.1, -0.05) is 44.2 Å². The molecular formula is C16H22FNO3S. The molecule has 0 bridgehead atoms. The van der Waals surface area contributed by atoms with Gasteiger partial charge in [-0.15, -0.1) is 3.89 Å². The van der Waals surface area contributed by atoms with Gasteiger partial charge in [0.15, 0.2) is 0 Å². The first-order chi connectivity index (χ1) is 10.1. The molecule has 1 aromatic rings. The molecular weight excluding hydrogens is 305 g/mol. The van der Waals surface area contributed by atoms with Crippen LogP contribution in [0.25, 0.3) is 0 Å². The van der Waals surface area contributed by atoms with E-state index >= 15 is 0 Å². The molecule has 0 N–H and O–H groups in total. The summed E-state index contributed by atoms with van der Waals surface area (Å²) in [7, 11) is -4.66. The van der Waals surface area contributed by atoms with Crippen molar-refractivity contribution < 1.29 is 17.1 Å². The van der Waals surface area contributed by atoms with Gasteiger partial charge in [-0.3, -0.25) is 4.79 Å². The van der Waals surface area contributed by atoms with Crippen LogP contribution in [0.5, 0.6) is 0 Å². The van der Waals surface area contributed by atoms with E-state index in [4.69, 9.17) is 0 Å². The van der Waals surface area contributed by atoms with E-state index in [1.165, 1.54) is 4.90 Å². The summed E-state index contributed by atoms with van der Waals surface area (Å²) in [6, 6.07) is 9.81. The summed E-state index contributed by atoms with van der Waals surface area (Å²) in [4.78, 5) is 13.5. The van der Waals surface area contributed by atoms with Crippen molar-refractivity contribution >= 4 is 16.1 Å². The third-order valence-electron chi connectivity index (χ3n) is 4.41. The number of rotatable bonds is 5. The highest BCUT2D eigenvalue weighted by atomic mass is 32.3. The van der Waals surface area contributed by atoms with Crippen LogP contribution in [-0.2, 0) is 20.4 Å².